The van der Waals surface area contributed by atoms with Crippen molar-refractivity contribution in [3.05, 3.63) is 77.9 Å². The van der Waals surface area contributed by atoms with E-state index in [1.165, 1.54) is 0 Å². The molecule has 0 heterocycles. The highest BCUT2D eigenvalue weighted by atomic mass is 16.5. The van der Waals surface area contributed by atoms with Crippen LogP contribution in [0.5, 0.6) is 28.7 Å². The van der Waals surface area contributed by atoms with Crippen molar-refractivity contribution in [2.75, 3.05) is 0 Å². The minimum Gasteiger partial charge on any atom is -0.504 e. The summed E-state index contributed by atoms with van der Waals surface area (Å²) in [6.45, 7) is 3.78. The highest BCUT2D eigenvalue weighted by Crippen LogP contribution is 2.42. The van der Waals surface area contributed by atoms with Crippen LogP contribution in [0.1, 0.15) is 11.1 Å². The highest BCUT2D eigenvalue weighted by molar-refractivity contribution is 5.58. The molecule has 0 aliphatic rings. The van der Waals surface area contributed by atoms with E-state index in [0.717, 1.165) is 16.9 Å². The van der Waals surface area contributed by atoms with Crippen molar-refractivity contribution in [3.8, 4) is 28.7 Å². The molecule has 116 valence electrons. The van der Waals surface area contributed by atoms with Gasteiger partial charge < -0.3 is 14.6 Å². The summed E-state index contributed by atoms with van der Waals surface area (Å²) in [5.41, 5.74) is 1.61. The van der Waals surface area contributed by atoms with Gasteiger partial charge in [-0.15, -0.1) is 0 Å². The van der Waals surface area contributed by atoms with Gasteiger partial charge in [-0.1, -0.05) is 36.4 Å². The number of phenolic OH excluding ortho intramolecular Hbond substituents is 1. The molecular weight excluding hydrogens is 288 g/mol. The van der Waals surface area contributed by atoms with Crippen molar-refractivity contribution in [2.24, 2.45) is 0 Å². The summed E-state index contributed by atoms with van der Waals surface area (Å²) in [6, 6.07) is 20.6. The van der Waals surface area contributed by atoms with Crippen molar-refractivity contribution in [2.45, 2.75) is 13.8 Å². The lowest BCUT2D eigenvalue weighted by molar-refractivity contribution is 0.400. The number of aryl methyl sites for hydroxylation is 1. The Morgan fingerprint density at radius 2 is 1.17 bits per heavy atom. The van der Waals surface area contributed by atoms with Crippen molar-refractivity contribution in [1.29, 1.82) is 0 Å². The van der Waals surface area contributed by atoms with Gasteiger partial charge in [0, 0.05) is 5.56 Å². The van der Waals surface area contributed by atoms with E-state index in [1.54, 1.807) is 6.07 Å². The van der Waals surface area contributed by atoms with Crippen molar-refractivity contribution < 1.29 is 14.6 Å². The first-order valence-corrected chi connectivity index (χ1v) is 7.44. The maximum atomic E-state index is 10.2. The third kappa shape index (κ3) is 3.29. The predicted molar refractivity (Wildman–Crippen MR) is 90.6 cm³/mol. The fraction of sp³-hybridized carbons (Fsp3) is 0.100. The fourth-order valence-corrected chi connectivity index (χ4v) is 2.43. The molecule has 0 unspecified atom stereocenters. The van der Waals surface area contributed by atoms with Gasteiger partial charge in [0.2, 0.25) is 0 Å². The first-order chi connectivity index (χ1) is 11.1. The normalized spacial score (nSPS) is 10.3. The highest BCUT2D eigenvalue weighted by Gasteiger charge is 2.16. The number of phenols is 1. The number of aromatic hydroxyl groups is 1. The van der Waals surface area contributed by atoms with Gasteiger partial charge in [0.15, 0.2) is 11.5 Å². The van der Waals surface area contributed by atoms with Crippen LogP contribution in [0.3, 0.4) is 0 Å². The molecule has 3 aromatic rings. The van der Waals surface area contributed by atoms with Crippen LogP contribution in [0.2, 0.25) is 0 Å². The quantitative estimate of drug-likeness (QED) is 0.682. The summed E-state index contributed by atoms with van der Waals surface area (Å²) in [5.74, 6) is 2.62. The van der Waals surface area contributed by atoms with E-state index in [9.17, 15) is 5.11 Å². The van der Waals surface area contributed by atoms with Crippen molar-refractivity contribution in [3.63, 3.8) is 0 Å². The molecule has 0 aliphatic heterocycles. The maximum absolute atomic E-state index is 10.2. The van der Waals surface area contributed by atoms with Crippen LogP contribution in [-0.2, 0) is 0 Å². The summed E-state index contributed by atoms with van der Waals surface area (Å²) in [5, 5.41) is 10.2. The van der Waals surface area contributed by atoms with E-state index in [-0.39, 0.29) is 5.75 Å². The van der Waals surface area contributed by atoms with E-state index < -0.39 is 0 Å². The average molecular weight is 306 g/mol. The van der Waals surface area contributed by atoms with Gasteiger partial charge >= 0.3 is 0 Å². The fourth-order valence-electron chi connectivity index (χ4n) is 2.43. The molecule has 23 heavy (non-hydrogen) atoms. The summed E-state index contributed by atoms with van der Waals surface area (Å²) >= 11 is 0. The maximum Gasteiger partial charge on any atom is 0.175 e. The van der Waals surface area contributed by atoms with E-state index in [4.69, 9.17) is 9.47 Å². The Bertz CT molecular complexity index is 730. The first kappa shape index (κ1) is 15.0. The minimum absolute atomic E-state index is 0.101. The monoisotopic (exact) mass is 306 g/mol. The molecule has 3 rings (SSSR count). The zero-order chi connectivity index (χ0) is 16.2. The van der Waals surface area contributed by atoms with Gasteiger partial charge in [-0.05, 0) is 49.7 Å². The molecular formula is C20H18O3. The van der Waals surface area contributed by atoms with Gasteiger partial charge in [0.05, 0.1) is 0 Å². The summed E-state index contributed by atoms with van der Waals surface area (Å²) in [7, 11) is 0. The van der Waals surface area contributed by atoms with Crippen molar-refractivity contribution in [1.82, 2.24) is 0 Å². The lowest BCUT2D eigenvalue weighted by Gasteiger charge is -2.17. The molecule has 0 radical (unpaired) electrons. The zero-order valence-corrected chi connectivity index (χ0v) is 13.1. The smallest absolute Gasteiger partial charge is 0.175 e. The topological polar surface area (TPSA) is 38.7 Å². The molecule has 3 nitrogen and oxygen atoms in total. The summed E-state index contributed by atoms with van der Waals surface area (Å²) in [4.78, 5) is 0. The van der Waals surface area contributed by atoms with Crippen LogP contribution in [-0.4, -0.2) is 5.11 Å². The molecule has 1 N–H and O–H groups in total. The van der Waals surface area contributed by atoms with Crippen LogP contribution in [0.25, 0.3) is 0 Å². The van der Waals surface area contributed by atoms with Gasteiger partial charge in [0.25, 0.3) is 0 Å². The van der Waals surface area contributed by atoms with E-state index in [2.05, 4.69) is 0 Å². The third-order valence-electron chi connectivity index (χ3n) is 3.55. The number of hydrogen-bond acceptors (Lipinski definition) is 3. The molecule has 3 aromatic carbocycles. The second-order valence-corrected chi connectivity index (χ2v) is 5.33. The Morgan fingerprint density at radius 3 is 1.70 bits per heavy atom. The SMILES string of the molecule is Cc1cc(O)c(Oc2ccccc2)c(C)c1Oc1ccccc1. The molecule has 3 heteroatoms. The van der Waals surface area contributed by atoms with Gasteiger partial charge in [-0.2, -0.15) is 0 Å². The van der Waals surface area contributed by atoms with Crippen molar-refractivity contribution >= 4 is 0 Å². The van der Waals surface area contributed by atoms with Gasteiger partial charge in [-0.3, -0.25) is 0 Å². The second-order valence-electron chi connectivity index (χ2n) is 5.33. The van der Waals surface area contributed by atoms with Crippen LogP contribution in [0.4, 0.5) is 0 Å². The van der Waals surface area contributed by atoms with E-state index in [0.29, 0.717) is 17.2 Å². The number of hydrogen-bond donors (Lipinski definition) is 1. The van der Waals surface area contributed by atoms with Crippen LogP contribution in [0, 0.1) is 13.8 Å². The molecule has 0 atom stereocenters. The standard InChI is InChI=1S/C20H18O3/c1-14-13-18(21)20(23-17-11-7-4-8-12-17)15(2)19(14)22-16-9-5-3-6-10-16/h3-13,21H,1-2H3. The minimum atomic E-state index is 0.101. The van der Waals surface area contributed by atoms with E-state index >= 15 is 0 Å². The van der Waals surface area contributed by atoms with Crippen LogP contribution >= 0.6 is 0 Å². The molecule has 0 bridgehead atoms. The average Bonchev–Trinajstić information content (AvgIpc) is 2.57. The molecule has 0 saturated heterocycles. The second kappa shape index (κ2) is 6.44. The number of ether oxygens (including phenoxy) is 2. The summed E-state index contributed by atoms with van der Waals surface area (Å²) < 4.78 is 11.8. The summed E-state index contributed by atoms with van der Waals surface area (Å²) in [6.07, 6.45) is 0. The molecule has 0 amide bonds. The Morgan fingerprint density at radius 1 is 0.696 bits per heavy atom. The first-order valence-electron chi connectivity index (χ1n) is 7.44. The molecule has 0 spiro atoms. The Balaban J connectivity index is 1.99. The van der Waals surface area contributed by atoms with Crippen LogP contribution < -0.4 is 9.47 Å². The third-order valence-corrected chi connectivity index (χ3v) is 3.55. The Labute approximate surface area is 135 Å². The van der Waals surface area contributed by atoms with E-state index in [1.807, 2.05) is 74.5 Å². The lowest BCUT2D eigenvalue weighted by Crippen LogP contribution is -1.95. The Hall–Kier alpha value is -2.94. The van der Waals surface area contributed by atoms with Gasteiger partial charge in [0.1, 0.15) is 17.2 Å². The zero-order valence-electron chi connectivity index (χ0n) is 13.1. The van der Waals surface area contributed by atoms with Crippen LogP contribution in [0.15, 0.2) is 66.7 Å². The Kier molecular flexibility index (Phi) is 4.20. The molecule has 0 fully saturated rings. The molecule has 0 aliphatic carbocycles. The molecule has 0 aromatic heterocycles. The molecule has 0 saturated carbocycles. The predicted octanol–water partition coefficient (Wildman–Crippen LogP) is 5.59. The number of rotatable bonds is 4. The van der Waals surface area contributed by atoms with Gasteiger partial charge in [-0.25, -0.2) is 0 Å². The largest absolute Gasteiger partial charge is 0.504 e. The number of para-hydroxylation sites is 2. The number of benzene rings is 3. The lowest BCUT2D eigenvalue weighted by atomic mass is 10.1.